The van der Waals surface area contributed by atoms with Crippen LogP contribution in [0.15, 0.2) is 35.7 Å². The van der Waals surface area contributed by atoms with Gasteiger partial charge in [-0.05, 0) is 12.8 Å². The Bertz CT molecular complexity index is 596. The van der Waals surface area contributed by atoms with Crippen LogP contribution in [0, 0.1) is 5.92 Å². The average Bonchev–Trinajstić information content (AvgIpc) is 2.98. The van der Waals surface area contributed by atoms with Crippen molar-refractivity contribution in [2.24, 2.45) is 11.7 Å². The number of hydrogen-bond donors (Lipinski definition) is 1. The van der Waals surface area contributed by atoms with Gasteiger partial charge in [-0.1, -0.05) is 30.3 Å². The first-order valence-corrected chi connectivity index (χ1v) is 7.67. The minimum absolute atomic E-state index is 0.0483. The monoisotopic (exact) mass is 287 g/mol. The van der Waals surface area contributed by atoms with Crippen molar-refractivity contribution in [3.63, 3.8) is 0 Å². The molecule has 2 heterocycles. The Morgan fingerprint density at radius 3 is 2.90 bits per heavy atom. The number of benzene rings is 1. The second-order valence-corrected chi connectivity index (χ2v) is 5.91. The van der Waals surface area contributed by atoms with E-state index in [9.17, 15) is 4.79 Å². The number of amides is 1. The molecule has 1 aliphatic rings. The molecule has 104 valence electrons. The number of primary amides is 1. The molecule has 1 fully saturated rings. The van der Waals surface area contributed by atoms with Crippen molar-refractivity contribution >= 4 is 22.4 Å². The summed E-state index contributed by atoms with van der Waals surface area (Å²) in [7, 11) is 0. The summed E-state index contributed by atoms with van der Waals surface area (Å²) in [4.78, 5) is 18.2. The zero-order valence-corrected chi connectivity index (χ0v) is 12.0. The van der Waals surface area contributed by atoms with Crippen LogP contribution >= 0.6 is 11.3 Å². The third-order valence-electron chi connectivity index (χ3n) is 3.66. The van der Waals surface area contributed by atoms with Crippen LogP contribution in [0.1, 0.15) is 12.8 Å². The number of aromatic nitrogens is 1. The minimum atomic E-state index is -0.200. The van der Waals surface area contributed by atoms with Crippen LogP contribution in [0.5, 0.6) is 0 Å². The van der Waals surface area contributed by atoms with Crippen LogP contribution in [-0.2, 0) is 4.79 Å². The molecular weight excluding hydrogens is 270 g/mol. The van der Waals surface area contributed by atoms with Crippen LogP contribution in [0.2, 0.25) is 0 Å². The predicted molar refractivity (Wildman–Crippen MR) is 81.7 cm³/mol. The van der Waals surface area contributed by atoms with Crippen molar-refractivity contribution in [1.29, 1.82) is 0 Å². The van der Waals surface area contributed by atoms with E-state index in [0.717, 1.165) is 35.8 Å². The Kier molecular flexibility index (Phi) is 3.69. The van der Waals surface area contributed by atoms with Crippen molar-refractivity contribution in [3.8, 4) is 11.3 Å². The molecule has 0 aliphatic carbocycles. The van der Waals surface area contributed by atoms with Gasteiger partial charge < -0.3 is 10.6 Å². The van der Waals surface area contributed by atoms with Crippen molar-refractivity contribution in [2.75, 3.05) is 18.0 Å². The van der Waals surface area contributed by atoms with Crippen molar-refractivity contribution in [3.05, 3.63) is 35.7 Å². The fourth-order valence-electron chi connectivity index (χ4n) is 2.53. The van der Waals surface area contributed by atoms with Gasteiger partial charge in [0.15, 0.2) is 5.13 Å². The summed E-state index contributed by atoms with van der Waals surface area (Å²) in [6.07, 6.45) is 1.89. The molecule has 0 radical (unpaired) electrons. The molecule has 0 bridgehead atoms. The SMILES string of the molecule is NC(=O)C1CCCN(c2nc(-c3ccccc3)cs2)C1. The van der Waals surface area contributed by atoms with Crippen LogP contribution in [0.25, 0.3) is 11.3 Å². The van der Waals surface area contributed by atoms with E-state index in [1.165, 1.54) is 0 Å². The topological polar surface area (TPSA) is 59.2 Å². The lowest BCUT2D eigenvalue weighted by molar-refractivity contribution is -0.122. The summed E-state index contributed by atoms with van der Waals surface area (Å²) in [5.41, 5.74) is 7.54. The van der Waals surface area contributed by atoms with Crippen molar-refractivity contribution < 1.29 is 4.79 Å². The van der Waals surface area contributed by atoms with Gasteiger partial charge in [-0.25, -0.2) is 4.98 Å². The van der Waals surface area contributed by atoms with Gasteiger partial charge in [0, 0.05) is 24.0 Å². The van der Waals surface area contributed by atoms with Crippen LogP contribution in [-0.4, -0.2) is 24.0 Å². The predicted octanol–water partition coefficient (Wildman–Crippen LogP) is 2.51. The van der Waals surface area contributed by atoms with Gasteiger partial charge in [0.05, 0.1) is 11.6 Å². The van der Waals surface area contributed by atoms with Gasteiger partial charge in [0.25, 0.3) is 0 Å². The highest BCUT2D eigenvalue weighted by molar-refractivity contribution is 7.14. The Labute approximate surface area is 122 Å². The Morgan fingerprint density at radius 2 is 2.15 bits per heavy atom. The standard InChI is InChI=1S/C15H17N3OS/c16-14(19)12-7-4-8-18(9-12)15-17-13(10-20-15)11-5-2-1-3-6-11/h1-3,5-6,10,12H,4,7-9H2,(H2,16,19). The molecule has 1 unspecified atom stereocenters. The van der Waals surface area contributed by atoms with E-state index >= 15 is 0 Å². The van der Waals surface area contributed by atoms with E-state index in [4.69, 9.17) is 10.7 Å². The summed E-state index contributed by atoms with van der Waals surface area (Å²) < 4.78 is 0. The Morgan fingerprint density at radius 1 is 1.35 bits per heavy atom. The number of carbonyl (C=O) groups excluding carboxylic acids is 1. The number of nitrogens with two attached hydrogens (primary N) is 1. The third kappa shape index (κ3) is 2.67. The molecule has 1 saturated heterocycles. The number of anilines is 1. The number of carbonyl (C=O) groups is 1. The number of nitrogens with zero attached hydrogens (tertiary/aromatic N) is 2. The quantitative estimate of drug-likeness (QED) is 0.943. The first kappa shape index (κ1) is 13.1. The molecule has 2 N–H and O–H groups in total. The lowest BCUT2D eigenvalue weighted by atomic mass is 9.98. The highest BCUT2D eigenvalue weighted by atomic mass is 32.1. The Hall–Kier alpha value is -1.88. The maximum Gasteiger partial charge on any atom is 0.222 e. The lowest BCUT2D eigenvalue weighted by Gasteiger charge is -2.30. The van der Waals surface area contributed by atoms with Gasteiger partial charge >= 0.3 is 0 Å². The molecule has 1 aromatic heterocycles. The molecule has 0 spiro atoms. The maximum absolute atomic E-state index is 11.3. The van der Waals surface area contributed by atoms with E-state index < -0.39 is 0 Å². The summed E-state index contributed by atoms with van der Waals surface area (Å²) in [6, 6.07) is 10.1. The fraction of sp³-hybridized carbons (Fsp3) is 0.333. The third-order valence-corrected chi connectivity index (χ3v) is 4.56. The second-order valence-electron chi connectivity index (χ2n) is 5.07. The molecule has 1 atom stereocenters. The fourth-order valence-corrected chi connectivity index (χ4v) is 3.41. The van der Waals surface area contributed by atoms with Crippen molar-refractivity contribution in [1.82, 2.24) is 4.98 Å². The maximum atomic E-state index is 11.3. The zero-order chi connectivity index (χ0) is 13.9. The second kappa shape index (κ2) is 5.63. The van der Waals surface area contributed by atoms with Crippen LogP contribution in [0.4, 0.5) is 5.13 Å². The average molecular weight is 287 g/mol. The Balaban J connectivity index is 1.78. The summed E-state index contributed by atoms with van der Waals surface area (Å²) in [5, 5.41) is 3.05. The van der Waals surface area contributed by atoms with Gasteiger partial charge in [0.1, 0.15) is 0 Å². The number of hydrogen-bond acceptors (Lipinski definition) is 4. The molecule has 4 nitrogen and oxygen atoms in total. The van der Waals surface area contributed by atoms with Gasteiger partial charge in [-0.2, -0.15) is 0 Å². The smallest absolute Gasteiger partial charge is 0.222 e. The largest absolute Gasteiger partial charge is 0.369 e. The highest BCUT2D eigenvalue weighted by Crippen LogP contribution is 2.30. The lowest BCUT2D eigenvalue weighted by Crippen LogP contribution is -2.41. The van der Waals surface area contributed by atoms with E-state index in [0.29, 0.717) is 6.54 Å². The zero-order valence-electron chi connectivity index (χ0n) is 11.2. The van der Waals surface area contributed by atoms with Gasteiger partial charge in [-0.15, -0.1) is 11.3 Å². The first-order chi connectivity index (χ1) is 9.74. The van der Waals surface area contributed by atoms with Gasteiger partial charge in [0.2, 0.25) is 5.91 Å². The molecule has 1 aromatic carbocycles. The first-order valence-electron chi connectivity index (χ1n) is 6.79. The number of thiazole rings is 1. The molecule has 0 saturated carbocycles. The van der Waals surface area contributed by atoms with Crippen molar-refractivity contribution in [2.45, 2.75) is 12.8 Å². The van der Waals surface area contributed by atoms with E-state index in [1.807, 2.05) is 18.2 Å². The van der Waals surface area contributed by atoms with Crippen LogP contribution < -0.4 is 10.6 Å². The number of piperidine rings is 1. The highest BCUT2D eigenvalue weighted by Gasteiger charge is 2.25. The molecule has 1 aliphatic heterocycles. The number of rotatable bonds is 3. The minimum Gasteiger partial charge on any atom is -0.369 e. The molecule has 20 heavy (non-hydrogen) atoms. The van der Waals surface area contributed by atoms with E-state index in [2.05, 4.69) is 22.4 Å². The summed E-state index contributed by atoms with van der Waals surface area (Å²) in [6.45, 7) is 1.64. The van der Waals surface area contributed by atoms with E-state index in [1.54, 1.807) is 11.3 Å². The van der Waals surface area contributed by atoms with Crippen LogP contribution in [0.3, 0.4) is 0 Å². The molecule has 5 heteroatoms. The molecule has 1 amide bonds. The normalized spacial score (nSPS) is 19.0. The summed E-state index contributed by atoms with van der Waals surface area (Å²) in [5.74, 6) is -0.248. The molecular formula is C15H17N3OS. The molecule has 3 rings (SSSR count). The summed E-state index contributed by atoms with van der Waals surface area (Å²) >= 11 is 1.63. The molecule has 2 aromatic rings. The van der Waals surface area contributed by atoms with Gasteiger partial charge in [-0.3, -0.25) is 4.79 Å². The van der Waals surface area contributed by atoms with E-state index in [-0.39, 0.29) is 11.8 Å².